The molecule has 1 aromatic carbocycles. The molecule has 0 radical (unpaired) electrons. The van der Waals surface area contributed by atoms with Gasteiger partial charge in [0, 0.05) is 25.3 Å². The average Bonchev–Trinajstić information content (AvgIpc) is 2.43. The number of nitrogens with zero attached hydrogens (tertiary/aromatic N) is 2. The van der Waals surface area contributed by atoms with E-state index in [4.69, 9.17) is 0 Å². The standard InChI is InChI=1S/C16H27N3/c1-18-11-8-15(9-12-18)14-19(2)13-10-17-16-6-4-3-5-7-16/h3-7,15,17H,8-14H2,1-2H3. The number of rotatable bonds is 6. The summed E-state index contributed by atoms with van der Waals surface area (Å²) in [7, 11) is 4.47. The minimum absolute atomic E-state index is 0.887. The lowest BCUT2D eigenvalue weighted by atomic mass is 9.97. The predicted octanol–water partition coefficient (Wildman–Crippen LogP) is 2.37. The van der Waals surface area contributed by atoms with E-state index in [2.05, 4.69) is 59.5 Å². The number of hydrogen-bond acceptors (Lipinski definition) is 3. The molecule has 106 valence electrons. The molecule has 0 unspecified atom stereocenters. The van der Waals surface area contributed by atoms with Crippen molar-refractivity contribution in [1.29, 1.82) is 0 Å². The quantitative estimate of drug-likeness (QED) is 0.848. The molecule has 0 atom stereocenters. The van der Waals surface area contributed by atoms with E-state index in [1.54, 1.807) is 0 Å². The zero-order chi connectivity index (χ0) is 13.5. The first kappa shape index (κ1) is 14.4. The van der Waals surface area contributed by atoms with Gasteiger partial charge in [0.2, 0.25) is 0 Å². The third-order valence-corrected chi connectivity index (χ3v) is 4.00. The topological polar surface area (TPSA) is 18.5 Å². The summed E-state index contributed by atoms with van der Waals surface area (Å²) in [4.78, 5) is 4.90. The SMILES string of the molecule is CN1CCC(CN(C)CCNc2ccccc2)CC1. The fourth-order valence-corrected chi connectivity index (χ4v) is 2.72. The number of likely N-dealkylation sites (tertiary alicyclic amines) is 1. The third-order valence-electron chi connectivity index (χ3n) is 4.00. The molecule has 3 heteroatoms. The maximum atomic E-state index is 3.47. The van der Waals surface area contributed by atoms with Crippen molar-refractivity contribution in [3.63, 3.8) is 0 Å². The molecule has 1 saturated heterocycles. The van der Waals surface area contributed by atoms with Crippen molar-refractivity contribution >= 4 is 5.69 Å². The van der Waals surface area contributed by atoms with Crippen molar-refractivity contribution < 1.29 is 0 Å². The largest absolute Gasteiger partial charge is 0.384 e. The highest BCUT2D eigenvalue weighted by Gasteiger charge is 2.17. The van der Waals surface area contributed by atoms with E-state index < -0.39 is 0 Å². The van der Waals surface area contributed by atoms with Gasteiger partial charge in [0.25, 0.3) is 0 Å². The Morgan fingerprint density at radius 2 is 1.89 bits per heavy atom. The van der Waals surface area contributed by atoms with E-state index in [1.165, 1.54) is 38.2 Å². The molecule has 1 fully saturated rings. The maximum absolute atomic E-state index is 3.47. The minimum atomic E-state index is 0.887. The Kier molecular flexibility index (Phi) is 5.67. The van der Waals surface area contributed by atoms with Crippen LogP contribution < -0.4 is 5.32 Å². The molecule has 3 nitrogen and oxygen atoms in total. The lowest BCUT2D eigenvalue weighted by molar-refractivity contribution is 0.178. The average molecular weight is 261 g/mol. The summed E-state index contributed by atoms with van der Waals surface area (Å²) in [6, 6.07) is 10.4. The molecule has 0 bridgehead atoms. The Morgan fingerprint density at radius 3 is 2.58 bits per heavy atom. The lowest BCUT2D eigenvalue weighted by Gasteiger charge is -2.31. The van der Waals surface area contributed by atoms with Gasteiger partial charge in [-0.25, -0.2) is 0 Å². The molecule has 19 heavy (non-hydrogen) atoms. The van der Waals surface area contributed by atoms with Crippen LogP contribution in [0.15, 0.2) is 30.3 Å². The van der Waals surface area contributed by atoms with Crippen LogP contribution in [0.1, 0.15) is 12.8 Å². The van der Waals surface area contributed by atoms with Gasteiger partial charge in [-0.15, -0.1) is 0 Å². The molecular formula is C16H27N3. The van der Waals surface area contributed by atoms with Crippen LogP contribution in [0.3, 0.4) is 0 Å². The van der Waals surface area contributed by atoms with Crippen molar-refractivity contribution in [3.05, 3.63) is 30.3 Å². The lowest BCUT2D eigenvalue weighted by Crippen LogP contribution is -2.37. The maximum Gasteiger partial charge on any atom is 0.0340 e. The third kappa shape index (κ3) is 5.21. The molecule has 1 N–H and O–H groups in total. The Bertz CT molecular complexity index is 344. The summed E-state index contributed by atoms with van der Waals surface area (Å²) in [6.45, 7) is 5.90. The molecule has 1 aliphatic rings. The number of anilines is 1. The van der Waals surface area contributed by atoms with Gasteiger partial charge in [-0.2, -0.15) is 0 Å². The summed E-state index contributed by atoms with van der Waals surface area (Å²) >= 11 is 0. The van der Waals surface area contributed by atoms with Gasteiger partial charge in [-0.1, -0.05) is 18.2 Å². The number of hydrogen-bond donors (Lipinski definition) is 1. The second-order valence-electron chi connectivity index (χ2n) is 5.80. The van der Waals surface area contributed by atoms with Gasteiger partial charge in [0.1, 0.15) is 0 Å². The van der Waals surface area contributed by atoms with Crippen LogP contribution in [0, 0.1) is 5.92 Å². The number of para-hydroxylation sites is 1. The van der Waals surface area contributed by atoms with Crippen LogP contribution >= 0.6 is 0 Å². The van der Waals surface area contributed by atoms with Gasteiger partial charge in [-0.3, -0.25) is 0 Å². The highest BCUT2D eigenvalue weighted by Crippen LogP contribution is 2.16. The van der Waals surface area contributed by atoms with Gasteiger partial charge < -0.3 is 15.1 Å². The summed E-state index contributed by atoms with van der Waals surface area (Å²) < 4.78 is 0. The molecule has 1 heterocycles. The molecule has 0 aliphatic carbocycles. The summed E-state index contributed by atoms with van der Waals surface area (Å²) in [6.07, 6.45) is 2.71. The molecule has 0 aromatic heterocycles. The van der Waals surface area contributed by atoms with Crippen LogP contribution in [-0.2, 0) is 0 Å². The predicted molar refractivity (Wildman–Crippen MR) is 82.6 cm³/mol. The van der Waals surface area contributed by atoms with E-state index in [9.17, 15) is 0 Å². The molecule has 0 spiro atoms. The fourth-order valence-electron chi connectivity index (χ4n) is 2.72. The normalized spacial score (nSPS) is 17.8. The van der Waals surface area contributed by atoms with Crippen molar-refractivity contribution in [3.8, 4) is 0 Å². The second kappa shape index (κ2) is 7.51. The first-order chi connectivity index (χ1) is 9.24. The van der Waals surface area contributed by atoms with Gasteiger partial charge in [-0.05, 0) is 58.1 Å². The highest BCUT2D eigenvalue weighted by molar-refractivity contribution is 5.42. The number of nitrogens with one attached hydrogen (secondary N) is 1. The fraction of sp³-hybridized carbons (Fsp3) is 0.625. The van der Waals surface area contributed by atoms with Crippen molar-refractivity contribution in [2.45, 2.75) is 12.8 Å². The zero-order valence-corrected chi connectivity index (χ0v) is 12.3. The second-order valence-corrected chi connectivity index (χ2v) is 5.80. The summed E-state index contributed by atoms with van der Waals surface area (Å²) in [5.41, 5.74) is 1.22. The Balaban J connectivity index is 1.61. The highest BCUT2D eigenvalue weighted by atomic mass is 15.1. The number of piperidine rings is 1. The van der Waals surface area contributed by atoms with E-state index in [0.717, 1.165) is 19.0 Å². The molecule has 0 amide bonds. The number of likely N-dealkylation sites (N-methyl/N-ethyl adjacent to an activating group) is 1. The van der Waals surface area contributed by atoms with Gasteiger partial charge in [0.05, 0.1) is 0 Å². The monoisotopic (exact) mass is 261 g/mol. The van der Waals surface area contributed by atoms with E-state index in [0.29, 0.717) is 0 Å². The first-order valence-corrected chi connectivity index (χ1v) is 7.40. The van der Waals surface area contributed by atoms with Gasteiger partial charge >= 0.3 is 0 Å². The van der Waals surface area contributed by atoms with Crippen LogP contribution in [-0.4, -0.2) is 56.6 Å². The van der Waals surface area contributed by atoms with Crippen molar-refractivity contribution in [2.24, 2.45) is 5.92 Å². The van der Waals surface area contributed by atoms with E-state index >= 15 is 0 Å². The molecule has 0 saturated carbocycles. The smallest absolute Gasteiger partial charge is 0.0340 e. The van der Waals surface area contributed by atoms with Crippen LogP contribution in [0.4, 0.5) is 5.69 Å². The van der Waals surface area contributed by atoms with E-state index in [-0.39, 0.29) is 0 Å². The summed E-state index contributed by atoms with van der Waals surface area (Å²) in [5.74, 6) is 0.887. The Labute approximate surface area is 117 Å². The van der Waals surface area contributed by atoms with E-state index in [1.807, 2.05) is 0 Å². The van der Waals surface area contributed by atoms with Crippen molar-refractivity contribution in [2.75, 3.05) is 52.1 Å². The Hall–Kier alpha value is -1.06. The van der Waals surface area contributed by atoms with Crippen molar-refractivity contribution in [1.82, 2.24) is 9.80 Å². The van der Waals surface area contributed by atoms with Crippen LogP contribution in [0.2, 0.25) is 0 Å². The first-order valence-electron chi connectivity index (χ1n) is 7.40. The molecular weight excluding hydrogens is 234 g/mol. The minimum Gasteiger partial charge on any atom is -0.384 e. The zero-order valence-electron chi connectivity index (χ0n) is 12.3. The van der Waals surface area contributed by atoms with Gasteiger partial charge in [0.15, 0.2) is 0 Å². The molecule has 2 rings (SSSR count). The van der Waals surface area contributed by atoms with Crippen LogP contribution in [0.25, 0.3) is 0 Å². The Morgan fingerprint density at radius 1 is 1.21 bits per heavy atom. The molecule has 1 aliphatic heterocycles. The number of benzene rings is 1. The molecule has 1 aromatic rings. The summed E-state index contributed by atoms with van der Waals surface area (Å²) in [5, 5.41) is 3.47. The van der Waals surface area contributed by atoms with Crippen LogP contribution in [0.5, 0.6) is 0 Å².